The molecule has 2 rings (SSSR count). The third-order valence-corrected chi connectivity index (χ3v) is 3.12. The zero-order chi connectivity index (χ0) is 15.3. The van der Waals surface area contributed by atoms with Crippen LogP contribution in [-0.4, -0.2) is 53.4 Å². The van der Waals surface area contributed by atoms with Crippen LogP contribution in [0.25, 0.3) is 6.08 Å². The Balaban J connectivity index is 2.02. The molecule has 1 amide bonds. The fourth-order valence-electron chi connectivity index (χ4n) is 1.76. The van der Waals surface area contributed by atoms with Crippen LogP contribution in [0.15, 0.2) is 24.3 Å². The molecule has 1 heterocycles. The van der Waals surface area contributed by atoms with Crippen LogP contribution >= 0.6 is 0 Å². The van der Waals surface area contributed by atoms with Gasteiger partial charge in [-0.15, -0.1) is 0 Å². The maximum atomic E-state index is 11.8. The fraction of sp³-hybridized carbons (Fsp3) is 0.357. The summed E-state index contributed by atoms with van der Waals surface area (Å²) in [5.41, 5.74) is -0.701. The van der Waals surface area contributed by atoms with Crippen molar-refractivity contribution in [3.63, 3.8) is 0 Å². The lowest BCUT2D eigenvalue weighted by Gasteiger charge is -2.27. The number of carbonyl (C=O) groups is 1. The minimum absolute atomic E-state index is 0.176. The molecule has 114 valence electrons. The number of aliphatic hydroxyl groups is 3. The van der Waals surface area contributed by atoms with E-state index < -0.39 is 31.3 Å². The Kier molecular flexibility index (Phi) is 4.79. The van der Waals surface area contributed by atoms with E-state index in [1.807, 2.05) is 0 Å². The summed E-state index contributed by atoms with van der Waals surface area (Å²) in [6, 6.07) is 5.22. The third-order valence-electron chi connectivity index (χ3n) is 3.12. The van der Waals surface area contributed by atoms with Crippen LogP contribution < -0.4 is 14.8 Å². The molecule has 0 atom stereocenters. The second kappa shape index (κ2) is 6.57. The summed E-state index contributed by atoms with van der Waals surface area (Å²) in [6.07, 6.45) is 2.79. The Bertz CT molecular complexity index is 530. The van der Waals surface area contributed by atoms with Gasteiger partial charge in [0.2, 0.25) is 12.7 Å². The van der Waals surface area contributed by atoms with Gasteiger partial charge in [0.25, 0.3) is 0 Å². The maximum absolute atomic E-state index is 11.8. The molecule has 0 saturated heterocycles. The van der Waals surface area contributed by atoms with Gasteiger partial charge in [0.05, 0.1) is 19.8 Å². The first-order valence-electron chi connectivity index (χ1n) is 6.35. The van der Waals surface area contributed by atoms with Crippen LogP contribution in [-0.2, 0) is 4.79 Å². The van der Waals surface area contributed by atoms with Gasteiger partial charge >= 0.3 is 0 Å². The number of fused-ring (bicyclic) bond motifs is 1. The van der Waals surface area contributed by atoms with Gasteiger partial charge in [0, 0.05) is 6.08 Å². The highest BCUT2D eigenvalue weighted by molar-refractivity contribution is 5.92. The highest BCUT2D eigenvalue weighted by atomic mass is 16.7. The lowest BCUT2D eigenvalue weighted by atomic mass is 10.0. The van der Waals surface area contributed by atoms with Crippen molar-refractivity contribution < 1.29 is 29.6 Å². The molecule has 0 bridgehead atoms. The Morgan fingerprint density at radius 3 is 2.52 bits per heavy atom. The van der Waals surface area contributed by atoms with Crippen LogP contribution in [0.1, 0.15) is 5.56 Å². The number of carbonyl (C=O) groups excluding carboxylic acids is 1. The van der Waals surface area contributed by atoms with Gasteiger partial charge in [-0.2, -0.15) is 0 Å². The first-order chi connectivity index (χ1) is 10.1. The predicted octanol–water partition coefficient (Wildman–Crippen LogP) is -0.740. The second-order valence-electron chi connectivity index (χ2n) is 4.69. The van der Waals surface area contributed by atoms with Gasteiger partial charge in [-0.3, -0.25) is 4.79 Å². The van der Waals surface area contributed by atoms with Crippen molar-refractivity contribution in [1.82, 2.24) is 5.32 Å². The molecule has 1 aromatic rings. The summed E-state index contributed by atoms with van der Waals surface area (Å²) < 4.78 is 10.4. The van der Waals surface area contributed by atoms with Gasteiger partial charge in [0.15, 0.2) is 11.5 Å². The predicted molar refractivity (Wildman–Crippen MR) is 73.7 cm³/mol. The summed E-state index contributed by atoms with van der Waals surface area (Å²) in [4.78, 5) is 11.8. The van der Waals surface area contributed by atoms with E-state index in [1.54, 1.807) is 24.3 Å². The van der Waals surface area contributed by atoms with Crippen molar-refractivity contribution in [2.24, 2.45) is 0 Å². The monoisotopic (exact) mass is 295 g/mol. The van der Waals surface area contributed by atoms with E-state index >= 15 is 0 Å². The smallest absolute Gasteiger partial charge is 0.244 e. The summed E-state index contributed by atoms with van der Waals surface area (Å²) in [6.45, 7) is -1.52. The van der Waals surface area contributed by atoms with E-state index in [2.05, 4.69) is 5.32 Å². The van der Waals surface area contributed by atoms with E-state index in [-0.39, 0.29) is 6.79 Å². The van der Waals surface area contributed by atoms with E-state index in [9.17, 15) is 4.79 Å². The molecule has 1 aliphatic rings. The molecule has 0 fully saturated rings. The molecule has 4 N–H and O–H groups in total. The SMILES string of the molecule is O=C(/C=C/c1ccc2c(c1)OCO2)NC(CO)(CO)CO. The molecule has 1 aromatic carbocycles. The number of nitrogens with one attached hydrogen (secondary N) is 1. The maximum Gasteiger partial charge on any atom is 0.244 e. The highest BCUT2D eigenvalue weighted by Crippen LogP contribution is 2.32. The zero-order valence-corrected chi connectivity index (χ0v) is 11.3. The summed E-state index contributed by atoms with van der Waals surface area (Å²) in [5.74, 6) is 0.717. The van der Waals surface area contributed by atoms with E-state index in [0.29, 0.717) is 11.5 Å². The average Bonchev–Trinajstić information content (AvgIpc) is 2.98. The number of amides is 1. The number of aliphatic hydroxyl groups excluding tert-OH is 3. The number of hydrogen-bond donors (Lipinski definition) is 4. The number of ether oxygens (including phenoxy) is 2. The van der Waals surface area contributed by atoms with Crippen molar-refractivity contribution in [2.45, 2.75) is 5.54 Å². The van der Waals surface area contributed by atoms with E-state index in [4.69, 9.17) is 24.8 Å². The summed E-state index contributed by atoms with van der Waals surface area (Å²) >= 11 is 0. The van der Waals surface area contributed by atoms with Crippen LogP contribution in [0.3, 0.4) is 0 Å². The van der Waals surface area contributed by atoms with Crippen molar-refractivity contribution in [1.29, 1.82) is 0 Å². The van der Waals surface area contributed by atoms with Crippen molar-refractivity contribution in [3.05, 3.63) is 29.8 Å². The molecular formula is C14H17NO6. The largest absolute Gasteiger partial charge is 0.454 e. The minimum Gasteiger partial charge on any atom is -0.454 e. The quantitative estimate of drug-likeness (QED) is 0.515. The lowest BCUT2D eigenvalue weighted by Crippen LogP contribution is -2.56. The van der Waals surface area contributed by atoms with E-state index in [0.717, 1.165) is 5.56 Å². The fourth-order valence-corrected chi connectivity index (χ4v) is 1.76. The second-order valence-corrected chi connectivity index (χ2v) is 4.69. The Hall–Kier alpha value is -2.09. The first-order valence-corrected chi connectivity index (χ1v) is 6.35. The molecule has 0 radical (unpaired) electrons. The van der Waals surface area contributed by atoms with Crippen LogP contribution in [0, 0.1) is 0 Å². The summed E-state index contributed by atoms with van der Waals surface area (Å²) in [7, 11) is 0. The third kappa shape index (κ3) is 3.52. The zero-order valence-electron chi connectivity index (χ0n) is 11.3. The minimum atomic E-state index is -1.43. The topological polar surface area (TPSA) is 108 Å². The summed E-state index contributed by atoms with van der Waals surface area (Å²) in [5, 5.41) is 29.8. The molecular weight excluding hydrogens is 278 g/mol. The molecule has 0 unspecified atom stereocenters. The molecule has 1 aliphatic heterocycles. The van der Waals surface area contributed by atoms with Gasteiger partial charge in [-0.05, 0) is 23.8 Å². The normalized spacial score (nSPS) is 13.7. The van der Waals surface area contributed by atoms with Crippen LogP contribution in [0.5, 0.6) is 11.5 Å². The number of hydrogen-bond acceptors (Lipinski definition) is 6. The van der Waals surface area contributed by atoms with Crippen LogP contribution in [0.2, 0.25) is 0 Å². The molecule has 0 aliphatic carbocycles. The Morgan fingerprint density at radius 2 is 1.86 bits per heavy atom. The van der Waals surface area contributed by atoms with Gasteiger partial charge in [-0.1, -0.05) is 6.07 Å². The molecule has 7 nitrogen and oxygen atoms in total. The standard InChI is InChI=1S/C14H17NO6/c16-6-14(7-17,8-18)15-13(19)4-2-10-1-3-11-12(5-10)21-9-20-11/h1-5,16-18H,6-9H2,(H,15,19)/b4-2+. The molecule has 0 spiro atoms. The van der Waals surface area contributed by atoms with Crippen molar-refractivity contribution >= 4 is 12.0 Å². The molecule has 7 heteroatoms. The van der Waals surface area contributed by atoms with Crippen molar-refractivity contribution in [2.75, 3.05) is 26.6 Å². The molecule has 0 saturated carbocycles. The molecule has 0 aromatic heterocycles. The average molecular weight is 295 g/mol. The van der Waals surface area contributed by atoms with Gasteiger partial charge in [0.1, 0.15) is 5.54 Å². The lowest BCUT2D eigenvalue weighted by molar-refractivity contribution is -0.120. The van der Waals surface area contributed by atoms with E-state index in [1.165, 1.54) is 6.08 Å². The van der Waals surface area contributed by atoms with Gasteiger partial charge in [-0.25, -0.2) is 0 Å². The highest BCUT2D eigenvalue weighted by Gasteiger charge is 2.29. The number of rotatable bonds is 6. The Labute approximate surface area is 121 Å². The first kappa shape index (κ1) is 15.3. The number of benzene rings is 1. The van der Waals surface area contributed by atoms with Gasteiger partial charge < -0.3 is 30.1 Å². The Morgan fingerprint density at radius 1 is 1.19 bits per heavy atom. The van der Waals surface area contributed by atoms with Crippen molar-refractivity contribution in [3.8, 4) is 11.5 Å². The molecule has 21 heavy (non-hydrogen) atoms. The van der Waals surface area contributed by atoms with Crippen LogP contribution in [0.4, 0.5) is 0 Å².